The Morgan fingerprint density at radius 3 is 2.53 bits per heavy atom. The monoisotopic (exact) mass is 747 g/mol. The number of anilines is 1. The number of carbonyl (C=O) groups excluding carboxylic acids is 2. The van der Waals surface area contributed by atoms with E-state index in [2.05, 4.69) is 15.3 Å². The van der Waals surface area contributed by atoms with Gasteiger partial charge >= 0.3 is 6.09 Å². The molecule has 6 rings (SSSR count). The summed E-state index contributed by atoms with van der Waals surface area (Å²) in [5.74, 6) is -2.50. The third-order valence-corrected chi connectivity index (χ3v) is 9.61. The first-order valence-corrected chi connectivity index (χ1v) is 17.7. The van der Waals surface area contributed by atoms with Crippen LogP contribution in [-0.2, 0) is 20.7 Å². The van der Waals surface area contributed by atoms with Gasteiger partial charge in [-0.05, 0) is 106 Å². The molecule has 3 atom stereocenters. The summed E-state index contributed by atoms with van der Waals surface area (Å²) in [6.07, 6.45) is 1.61. The number of morpholine rings is 1. The number of carbonyl (C=O) groups is 2. The number of benzene rings is 3. The molecule has 2 amide bonds. The molecule has 3 heterocycles. The van der Waals surface area contributed by atoms with Crippen LogP contribution >= 0.6 is 11.6 Å². The summed E-state index contributed by atoms with van der Waals surface area (Å²) in [6.45, 7) is 9.68. The van der Waals surface area contributed by atoms with Crippen molar-refractivity contribution in [2.45, 2.75) is 77.5 Å². The normalized spacial score (nSPS) is 16.8. The van der Waals surface area contributed by atoms with E-state index in [9.17, 15) is 18.4 Å². The molecule has 3 aromatic carbocycles. The van der Waals surface area contributed by atoms with Crippen LogP contribution in [-0.4, -0.2) is 56.7 Å². The summed E-state index contributed by atoms with van der Waals surface area (Å²) < 4.78 is 56.1. The summed E-state index contributed by atoms with van der Waals surface area (Å²) >= 11 is 5.90. The van der Waals surface area contributed by atoms with Gasteiger partial charge in [0, 0.05) is 17.9 Å². The molecule has 1 fully saturated rings. The molecule has 3 unspecified atom stereocenters. The zero-order valence-corrected chi connectivity index (χ0v) is 30.9. The first-order valence-electron chi connectivity index (χ1n) is 17.4. The fourth-order valence-corrected chi connectivity index (χ4v) is 6.60. The lowest BCUT2D eigenvalue weighted by Crippen LogP contribution is -2.49. The van der Waals surface area contributed by atoms with Gasteiger partial charge in [-0.15, -0.1) is 0 Å². The minimum atomic E-state index is -0.750. The molecule has 1 aliphatic heterocycles. The molecular formula is C40H41ClF3N5O4. The summed E-state index contributed by atoms with van der Waals surface area (Å²) in [4.78, 5) is 40.7. The highest BCUT2D eigenvalue weighted by molar-refractivity contribution is 6.30. The van der Waals surface area contributed by atoms with E-state index in [1.54, 1.807) is 37.8 Å². The number of H-pyrrole nitrogens is 1. The average Bonchev–Trinajstić information content (AvgIpc) is 3.49. The Kier molecular flexibility index (Phi) is 11.1. The van der Waals surface area contributed by atoms with E-state index in [1.165, 1.54) is 36.5 Å². The molecule has 13 heteroatoms. The Morgan fingerprint density at radius 2 is 1.79 bits per heavy atom. The SMILES string of the molecule is Cc1cc2nc(C3COC(CCc4c(F)cncc4NC(=O)CC(c4cccc(F)c4)c4ccc(Cl)c(F)c4)CN3C(=O)OC(C)(C)C)[nH]c2cc1C. The van der Waals surface area contributed by atoms with Crippen LogP contribution in [0.3, 0.4) is 0 Å². The molecule has 5 aromatic rings. The number of aromatic amines is 1. The molecule has 0 radical (unpaired) electrons. The number of nitrogens with zero attached hydrogens (tertiary/aromatic N) is 3. The largest absolute Gasteiger partial charge is 0.444 e. The molecule has 0 spiro atoms. The number of hydrogen-bond donors (Lipinski definition) is 2. The molecule has 53 heavy (non-hydrogen) atoms. The summed E-state index contributed by atoms with van der Waals surface area (Å²) in [6, 6.07) is 13.3. The van der Waals surface area contributed by atoms with E-state index >= 15 is 4.39 Å². The zero-order chi connectivity index (χ0) is 38.0. The van der Waals surface area contributed by atoms with Crippen LogP contribution < -0.4 is 5.32 Å². The Bertz CT molecular complexity index is 2110. The second-order valence-corrected chi connectivity index (χ2v) is 14.8. The number of aromatic nitrogens is 3. The molecule has 278 valence electrons. The van der Waals surface area contributed by atoms with Crippen molar-refractivity contribution in [1.29, 1.82) is 0 Å². The van der Waals surface area contributed by atoms with Crippen molar-refractivity contribution in [1.82, 2.24) is 19.9 Å². The van der Waals surface area contributed by atoms with E-state index in [-0.39, 0.29) is 42.3 Å². The van der Waals surface area contributed by atoms with Gasteiger partial charge < -0.3 is 19.8 Å². The topological polar surface area (TPSA) is 109 Å². The van der Waals surface area contributed by atoms with Crippen molar-refractivity contribution in [2.24, 2.45) is 0 Å². The van der Waals surface area contributed by atoms with Crippen molar-refractivity contribution in [3.05, 3.63) is 123 Å². The Balaban J connectivity index is 1.19. The predicted octanol–water partition coefficient (Wildman–Crippen LogP) is 9.12. The first kappa shape index (κ1) is 37.8. The minimum absolute atomic E-state index is 0.0852. The molecule has 0 saturated carbocycles. The highest BCUT2D eigenvalue weighted by atomic mass is 35.5. The second kappa shape index (κ2) is 15.6. The fraction of sp³-hybridized carbons (Fsp3) is 0.350. The third kappa shape index (κ3) is 9.00. The molecular weight excluding hydrogens is 707 g/mol. The van der Waals surface area contributed by atoms with Crippen molar-refractivity contribution in [3.8, 4) is 0 Å². The Hall–Kier alpha value is -4.94. The highest BCUT2D eigenvalue weighted by Gasteiger charge is 2.37. The number of imidazole rings is 1. The lowest BCUT2D eigenvalue weighted by atomic mass is 9.88. The second-order valence-electron chi connectivity index (χ2n) is 14.4. The van der Waals surface area contributed by atoms with Crippen LogP contribution in [0.5, 0.6) is 0 Å². The molecule has 2 N–H and O–H groups in total. The number of ether oxygens (including phenoxy) is 2. The van der Waals surface area contributed by atoms with Gasteiger partial charge in [-0.25, -0.2) is 22.9 Å². The molecule has 0 bridgehead atoms. The summed E-state index contributed by atoms with van der Waals surface area (Å²) in [5, 5.41) is 2.67. The predicted molar refractivity (Wildman–Crippen MR) is 196 cm³/mol. The maximum absolute atomic E-state index is 15.4. The molecule has 1 saturated heterocycles. The van der Waals surface area contributed by atoms with Crippen LogP contribution in [0.4, 0.5) is 23.7 Å². The number of fused-ring (bicyclic) bond motifs is 1. The van der Waals surface area contributed by atoms with E-state index in [0.717, 1.165) is 28.4 Å². The number of aryl methyl sites for hydroxylation is 2. The Morgan fingerprint density at radius 1 is 1.04 bits per heavy atom. The summed E-state index contributed by atoms with van der Waals surface area (Å²) in [5.41, 5.74) is 4.31. The first-order chi connectivity index (χ1) is 25.1. The number of amides is 2. The lowest BCUT2D eigenvalue weighted by Gasteiger charge is -2.39. The van der Waals surface area contributed by atoms with Gasteiger partial charge in [-0.2, -0.15) is 0 Å². The number of halogens is 4. The van der Waals surface area contributed by atoms with Gasteiger partial charge in [0.2, 0.25) is 5.91 Å². The van der Waals surface area contributed by atoms with Crippen molar-refractivity contribution in [2.75, 3.05) is 18.5 Å². The van der Waals surface area contributed by atoms with Gasteiger partial charge in [0.1, 0.15) is 34.9 Å². The maximum atomic E-state index is 15.4. The van der Waals surface area contributed by atoms with Crippen molar-refractivity contribution < 1.29 is 32.2 Å². The van der Waals surface area contributed by atoms with Crippen molar-refractivity contribution >= 4 is 40.3 Å². The van der Waals surface area contributed by atoms with Gasteiger partial charge in [-0.1, -0.05) is 29.8 Å². The van der Waals surface area contributed by atoms with Gasteiger partial charge in [-0.3, -0.25) is 14.7 Å². The molecule has 1 aliphatic rings. The van der Waals surface area contributed by atoms with Crippen molar-refractivity contribution in [3.63, 3.8) is 0 Å². The molecule has 2 aromatic heterocycles. The third-order valence-electron chi connectivity index (χ3n) is 9.31. The number of pyridine rings is 1. The van der Waals surface area contributed by atoms with E-state index in [1.807, 2.05) is 26.0 Å². The average molecular weight is 748 g/mol. The number of hydrogen-bond acceptors (Lipinski definition) is 6. The van der Waals surface area contributed by atoms with Crippen LogP contribution in [0.25, 0.3) is 11.0 Å². The maximum Gasteiger partial charge on any atom is 0.411 e. The van der Waals surface area contributed by atoms with E-state index in [4.69, 9.17) is 26.1 Å². The van der Waals surface area contributed by atoms with Crippen LogP contribution in [0, 0.1) is 31.3 Å². The van der Waals surface area contributed by atoms with Crippen LogP contribution in [0.1, 0.15) is 79.2 Å². The van der Waals surface area contributed by atoms with Gasteiger partial charge in [0.25, 0.3) is 0 Å². The standard InChI is InChI=1S/C40H41ClF3N5O4/c1-22-13-33-34(14-23(22)2)48-38(47-33)36-21-52-27(20-49(36)39(51)53-40(3,4)5)10-11-28-32(44)18-45-19-35(28)46-37(50)17-29(24-7-6-8-26(42)15-24)25-9-12-30(41)31(43)16-25/h6-9,12-16,18-19,27,29,36H,10-11,17,20-21H2,1-5H3,(H,46,50)(H,47,48). The molecule has 0 aliphatic carbocycles. The van der Waals surface area contributed by atoms with E-state index in [0.29, 0.717) is 23.4 Å². The molecule has 9 nitrogen and oxygen atoms in total. The highest BCUT2D eigenvalue weighted by Crippen LogP contribution is 2.33. The summed E-state index contributed by atoms with van der Waals surface area (Å²) in [7, 11) is 0. The quantitative estimate of drug-likeness (QED) is 0.156. The smallest absolute Gasteiger partial charge is 0.411 e. The van der Waals surface area contributed by atoms with Crippen LogP contribution in [0.15, 0.2) is 67.0 Å². The number of nitrogens with one attached hydrogen (secondary N) is 2. The van der Waals surface area contributed by atoms with E-state index < -0.39 is 53.1 Å². The number of rotatable bonds is 9. The minimum Gasteiger partial charge on any atom is -0.444 e. The fourth-order valence-electron chi connectivity index (χ4n) is 6.48. The lowest BCUT2D eigenvalue weighted by molar-refractivity contribution is -0.116. The zero-order valence-electron chi connectivity index (χ0n) is 30.1. The van der Waals surface area contributed by atoms with Crippen LogP contribution in [0.2, 0.25) is 5.02 Å². The Labute approximate surface area is 310 Å². The van der Waals surface area contributed by atoms with Gasteiger partial charge in [0.15, 0.2) is 0 Å². The van der Waals surface area contributed by atoms with Gasteiger partial charge in [0.05, 0.1) is 53.4 Å².